The number of amides is 2. The van der Waals surface area contributed by atoms with Gasteiger partial charge in [-0.2, -0.15) is 8.78 Å². The van der Waals surface area contributed by atoms with E-state index in [9.17, 15) is 18.4 Å². The first-order valence-corrected chi connectivity index (χ1v) is 8.86. The molecule has 0 bridgehead atoms. The van der Waals surface area contributed by atoms with Crippen molar-refractivity contribution in [2.45, 2.75) is 30.0 Å². The Bertz CT molecular complexity index is 758. The lowest BCUT2D eigenvalue weighted by molar-refractivity contribution is 0.0846. The molecular weight excluding hydrogens is 356 g/mol. The Morgan fingerprint density at radius 3 is 2.79 bits per heavy atom. The van der Waals surface area contributed by atoms with Crippen LogP contribution in [-0.4, -0.2) is 22.6 Å². The van der Waals surface area contributed by atoms with Gasteiger partial charge >= 0.3 is 0 Å². The largest absolute Gasteiger partial charge is 0.290 e. The van der Waals surface area contributed by atoms with Crippen LogP contribution in [0.15, 0.2) is 29.4 Å². The highest BCUT2D eigenvalue weighted by molar-refractivity contribution is 7.99. The van der Waals surface area contributed by atoms with Crippen molar-refractivity contribution in [3.05, 3.63) is 45.3 Å². The number of hydrazine groups is 1. The van der Waals surface area contributed by atoms with E-state index in [1.165, 1.54) is 40.1 Å². The summed E-state index contributed by atoms with van der Waals surface area (Å²) in [6.45, 7) is 0. The molecule has 126 valence electrons. The number of fused-ring (bicyclic) bond motifs is 1. The van der Waals surface area contributed by atoms with Gasteiger partial charge in [0, 0.05) is 11.1 Å². The third kappa shape index (κ3) is 3.73. The molecule has 2 aromatic heterocycles. The van der Waals surface area contributed by atoms with Crippen LogP contribution in [0.4, 0.5) is 8.78 Å². The van der Waals surface area contributed by atoms with E-state index in [1.54, 1.807) is 0 Å². The maximum absolute atomic E-state index is 12.5. The Balaban J connectivity index is 1.64. The second kappa shape index (κ2) is 7.27. The number of thioether (sulfide) groups is 1. The predicted molar refractivity (Wildman–Crippen MR) is 87.4 cm³/mol. The molecule has 1 aliphatic carbocycles. The van der Waals surface area contributed by atoms with E-state index >= 15 is 0 Å². The summed E-state index contributed by atoms with van der Waals surface area (Å²) in [7, 11) is 0. The van der Waals surface area contributed by atoms with Crippen molar-refractivity contribution in [1.29, 1.82) is 0 Å². The second-order valence-electron chi connectivity index (χ2n) is 5.06. The minimum absolute atomic E-state index is 0.0169. The molecule has 0 atom stereocenters. The van der Waals surface area contributed by atoms with E-state index < -0.39 is 17.6 Å². The predicted octanol–water partition coefficient (Wildman–Crippen LogP) is 3.02. The molecule has 3 rings (SSSR count). The summed E-state index contributed by atoms with van der Waals surface area (Å²) in [5.41, 5.74) is 5.72. The molecule has 9 heteroatoms. The molecule has 0 saturated carbocycles. The summed E-state index contributed by atoms with van der Waals surface area (Å²) in [6.07, 6.45) is 4.37. The lowest BCUT2D eigenvalue weighted by Crippen LogP contribution is -2.41. The summed E-state index contributed by atoms with van der Waals surface area (Å²) in [5, 5.41) is -0.0886. The molecule has 0 aliphatic heterocycles. The zero-order valence-electron chi connectivity index (χ0n) is 12.3. The summed E-state index contributed by atoms with van der Waals surface area (Å²) in [5.74, 6) is -3.80. The zero-order chi connectivity index (χ0) is 17.1. The van der Waals surface area contributed by atoms with Crippen molar-refractivity contribution >= 4 is 34.9 Å². The van der Waals surface area contributed by atoms with Gasteiger partial charge in [0.25, 0.3) is 17.6 Å². The smallest absolute Gasteiger partial charge is 0.267 e. The summed E-state index contributed by atoms with van der Waals surface area (Å²) in [4.78, 5) is 29.7. The number of halogens is 2. The van der Waals surface area contributed by atoms with Crippen molar-refractivity contribution in [1.82, 2.24) is 15.8 Å². The van der Waals surface area contributed by atoms with Crippen molar-refractivity contribution < 1.29 is 18.4 Å². The van der Waals surface area contributed by atoms with Crippen LogP contribution in [0.1, 0.15) is 36.9 Å². The molecule has 0 saturated heterocycles. The SMILES string of the molecule is O=C(NNC(=O)c1cccnc1SC(F)F)c1cc2c(s1)CCC2. The standard InChI is InChI=1S/C15H13F2N3O2S2/c16-15(17)24-14-9(4-2-6-18-14)12(21)19-20-13(22)11-7-8-3-1-5-10(8)23-11/h2,4,6-7,15H,1,3,5H2,(H,19,21)(H,20,22). The average Bonchev–Trinajstić information content (AvgIpc) is 3.13. The highest BCUT2D eigenvalue weighted by atomic mass is 32.2. The van der Waals surface area contributed by atoms with Gasteiger partial charge in [-0.25, -0.2) is 4.98 Å². The number of rotatable bonds is 4. The molecule has 5 nitrogen and oxygen atoms in total. The topological polar surface area (TPSA) is 71.1 Å². The maximum atomic E-state index is 12.5. The Morgan fingerprint density at radius 1 is 1.25 bits per heavy atom. The third-order valence-electron chi connectivity index (χ3n) is 3.48. The van der Waals surface area contributed by atoms with E-state index in [0.29, 0.717) is 4.88 Å². The molecule has 2 amide bonds. The van der Waals surface area contributed by atoms with E-state index in [1.807, 2.05) is 6.07 Å². The molecule has 2 aromatic rings. The number of thiophene rings is 1. The molecule has 2 N–H and O–H groups in total. The summed E-state index contributed by atoms with van der Waals surface area (Å²) >= 11 is 1.59. The quantitative estimate of drug-likeness (QED) is 0.642. The van der Waals surface area contributed by atoms with Crippen LogP contribution < -0.4 is 10.9 Å². The number of nitrogens with zero attached hydrogens (tertiary/aromatic N) is 1. The normalized spacial score (nSPS) is 13.0. The van der Waals surface area contributed by atoms with Crippen molar-refractivity contribution in [3.63, 3.8) is 0 Å². The number of hydrogen-bond donors (Lipinski definition) is 2. The van der Waals surface area contributed by atoms with Gasteiger partial charge in [-0.05, 0) is 54.8 Å². The number of carbonyl (C=O) groups excluding carboxylic acids is 2. The van der Waals surface area contributed by atoms with Gasteiger partial charge in [-0.3, -0.25) is 20.4 Å². The first-order valence-electron chi connectivity index (χ1n) is 7.16. The molecule has 0 radical (unpaired) electrons. The number of pyridine rings is 1. The monoisotopic (exact) mass is 369 g/mol. The Labute approximate surface area is 144 Å². The zero-order valence-corrected chi connectivity index (χ0v) is 14.0. The molecule has 24 heavy (non-hydrogen) atoms. The molecule has 0 unspecified atom stereocenters. The van der Waals surface area contributed by atoms with Crippen LogP contribution in [0.25, 0.3) is 0 Å². The van der Waals surface area contributed by atoms with Gasteiger partial charge in [0.15, 0.2) is 0 Å². The van der Waals surface area contributed by atoms with Crippen molar-refractivity contribution in [2.24, 2.45) is 0 Å². The number of hydrogen-bond acceptors (Lipinski definition) is 5. The highest BCUT2D eigenvalue weighted by Gasteiger charge is 2.20. The van der Waals surface area contributed by atoms with Gasteiger partial charge < -0.3 is 0 Å². The minimum Gasteiger partial charge on any atom is -0.267 e. The summed E-state index contributed by atoms with van der Waals surface area (Å²) in [6, 6.07) is 4.67. The van der Waals surface area contributed by atoms with Crippen LogP contribution in [-0.2, 0) is 12.8 Å². The Morgan fingerprint density at radius 2 is 2.04 bits per heavy atom. The Kier molecular flexibility index (Phi) is 5.10. The van der Waals surface area contributed by atoms with Crippen molar-refractivity contribution in [2.75, 3.05) is 0 Å². The van der Waals surface area contributed by atoms with Gasteiger partial charge in [0.1, 0.15) is 5.03 Å². The number of alkyl halides is 2. The molecular formula is C15H13F2N3O2S2. The fraction of sp³-hybridized carbons (Fsp3) is 0.267. The van der Waals surface area contributed by atoms with Crippen molar-refractivity contribution in [3.8, 4) is 0 Å². The maximum Gasteiger partial charge on any atom is 0.290 e. The van der Waals surface area contributed by atoms with Crippen LogP contribution in [0.5, 0.6) is 0 Å². The lowest BCUT2D eigenvalue weighted by Gasteiger charge is -2.09. The molecule has 0 spiro atoms. The lowest BCUT2D eigenvalue weighted by atomic mass is 10.2. The van der Waals surface area contributed by atoms with Crippen LogP contribution in [0, 0.1) is 0 Å². The second-order valence-corrected chi connectivity index (χ2v) is 7.17. The fourth-order valence-corrected chi connectivity index (χ4v) is 4.15. The van der Waals surface area contributed by atoms with Gasteiger partial charge in [0.2, 0.25) is 0 Å². The van der Waals surface area contributed by atoms with Crippen LogP contribution >= 0.6 is 23.1 Å². The molecule has 2 heterocycles. The van der Waals surface area contributed by atoms with E-state index in [2.05, 4.69) is 15.8 Å². The number of aryl methyl sites for hydroxylation is 2. The van der Waals surface area contributed by atoms with E-state index in [4.69, 9.17) is 0 Å². The van der Waals surface area contributed by atoms with Gasteiger partial charge in [-0.15, -0.1) is 11.3 Å². The fourth-order valence-electron chi connectivity index (χ4n) is 2.43. The molecule has 0 fully saturated rings. The molecule has 0 aromatic carbocycles. The first-order chi connectivity index (χ1) is 11.5. The molecule has 1 aliphatic rings. The number of aromatic nitrogens is 1. The Hall–Kier alpha value is -2.00. The minimum atomic E-state index is -2.69. The highest BCUT2D eigenvalue weighted by Crippen LogP contribution is 2.30. The number of carbonyl (C=O) groups is 2. The van der Waals surface area contributed by atoms with Crippen LogP contribution in [0.2, 0.25) is 0 Å². The van der Waals surface area contributed by atoms with E-state index in [0.717, 1.165) is 19.3 Å². The number of nitrogens with one attached hydrogen (secondary N) is 2. The van der Waals surface area contributed by atoms with E-state index in [-0.39, 0.29) is 22.4 Å². The van der Waals surface area contributed by atoms with Gasteiger partial charge in [-0.1, -0.05) is 0 Å². The summed E-state index contributed by atoms with van der Waals surface area (Å²) < 4.78 is 25.0. The van der Waals surface area contributed by atoms with Crippen LogP contribution in [0.3, 0.4) is 0 Å². The first kappa shape index (κ1) is 16.8. The average molecular weight is 369 g/mol. The third-order valence-corrected chi connectivity index (χ3v) is 5.44. The van der Waals surface area contributed by atoms with Gasteiger partial charge in [0.05, 0.1) is 10.4 Å².